The van der Waals surface area contributed by atoms with Crippen molar-refractivity contribution >= 4 is 54.5 Å². The average Bonchev–Trinajstić information content (AvgIpc) is 3.53. The van der Waals surface area contributed by atoms with Crippen LogP contribution in [0.5, 0.6) is 0 Å². The Morgan fingerprint density at radius 2 is 0.939 bits per heavy atom. The van der Waals surface area contributed by atoms with Gasteiger partial charge in [0.15, 0.2) is 23.1 Å². The Balaban J connectivity index is 1.28. The van der Waals surface area contributed by atoms with E-state index in [0.717, 1.165) is 71.6 Å². The van der Waals surface area contributed by atoms with E-state index in [0.29, 0.717) is 17.5 Å². The van der Waals surface area contributed by atoms with Gasteiger partial charge in [-0.2, -0.15) is 0 Å². The van der Waals surface area contributed by atoms with Crippen LogP contribution in [-0.4, -0.2) is 19.9 Å². The predicted molar refractivity (Wildman–Crippen MR) is 199 cm³/mol. The van der Waals surface area contributed by atoms with Gasteiger partial charge in [-0.15, -0.1) is 0 Å². The van der Waals surface area contributed by atoms with E-state index in [2.05, 4.69) is 109 Å². The molecule has 5 nitrogen and oxygen atoms in total. The Kier molecular flexibility index (Phi) is 6.11. The fourth-order valence-electron chi connectivity index (χ4n) is 6.79. The number of aromatic nitrogens is 4. The van der Waals surface area contributed by atoms with Gasteiger partial charge in [0.1, 0.15) is 11.1 Å². The molecule has 0 N–H and O–H groups in total. The Bertz CT molecular complexity index is 2890. The number of hydrogen-bond donors (Lipinski definition) is 0. The number of hydrogen-bond acceptors (Lipinski definition) is 5. The molecule has 3 heterocycles. The number of pyridine rings is 1. The third kappa shape index (κ3) is 4.71. The molecule has 49 heavy (non-hydrogen) atoms. The van der Waals surface area contributed by atoms with Crippen molar-refractivity contribution in [1.82, 2.24) is 19.9 Å². The normalized spacial score (nSPS) is 11.7. The maximum absolute atomic E-state index is 6.62. The smallest absolute Gasteiger partial charge is 0.164 e. The molecule has 0 spiro atoms. The molecule has 0 atom stereocenters. The fourth-order valence-corrected chi connectivity index (χ4v) is 6.79. The molecule has 7 aromatic carbocycles. The molecule has 0 saturated heterocycles. The maximum Gasteiger partial charge on any atom is 0.164 e. The molecule has 0 aliphatic rings. The van der Waals surface area contributed by atoms with Crippen molar-refractivity contribution in [1.29, 1.82) is 0 Å². The lowest BCUT2D eigenvalue weighted by molar-refractivity contribution is 0.669. The van der Waals surface area contributed by atoms with Crippen LogP contribution in [0.4, 0.5) is 0 Å². The first-order valence-electron chi connectivity index (χ1n) is 16.3. The van der Waals surface area contributed by atoms with Gasteiger partial charge in [-0.25, -0.2) is 19.9 Å². The standard InChI is InChI=1S/C44H26N4O/c1-2-12-29(13-3-1)42-46-43(34-21-19-28-11-5-7-15-31(28)23-34)48-44(47-42)36-24-35(32-20-18-27-10-4-6-14-30(27)22-32)26-38-40(36)41-39(49-38)25-33-16-8-9-17-37(33)45-41/h1-26H. The van der Waals surface area contributed by atoms with Crippen LogP contribution >= 0.6 is 0 Å². The van der Waals surface area contributed by atoms with Gasteiger partial charge in [0.25, 0.3) is 0 Å². The molecule has 10 rings (SSSR count). The summed E-state index contributed by atoms with van der Waals surface area (Å²) >= 11 is 0. The zero-order valence-corrected chi connectivity index (χ0v) is 26.2. The van der Waals surface area contributed by atoms with Crippen LogP contribution in [0.3, 0.4) is 0 Å². The van der Waals surface area contributed by atoms with Crippen molar-refractivity contribution in [2.45, 2.75) is 0 Å². The molecule has 0 saturated carbocycles. The minimum atomic E-state index is 0.558. The summed E-state index contributed by atoms with van der Waals surface area (Å²) in [7, 11) is 0. The highest BCUT2D eigenvalue weighted by molar-refractivity contribution is 6.13. The van der Waals surface area contributed by atoms with Crippen molar-refractivity contribution in [2.24, 2.45) is 0 Å². The van der Waals surface area contributed by atoms with Crippen LogP contribution in [0, 0.1) is 0 Å². The summed E-state index contributed by atoms with van der Waals surface area (Å²) in [6, 6.07) is 54.2. The summed E-state index contributed by atoms with van der Waals surface area (Å²) in [5, 5.41) is 6.55. The lowest BCUT2D eigenvalue weighted by atomic mass is 9.97. The summed E-state index contributed by atoms with van der Waals surface area (Å²) in [6.07, 6.45) is 0. The fraction of sp³-hybridized carbons (Fsp3) is 0. The Labute approximate surface area is 281 Å². The van der Waals surface area contributed by atoms with Crippen molar-refractivity contribution in [3.05, 3.63) is 158 Å². The minimum absolute atomic E-state index is 0.558. The van der Waals surface area contributed by atoms with Gasteiger partial charge in [-0.05, 0) is 69.1 Å². The van der Waals surface area contributed by atoms with Gasteiger partial charge in [-0.1, -0.05) is 121 Å². The molecule has 0 radical (unpaired) electrons. The highest BCUT2D eigenvalue weighted by atomic mass is 16.3. The van der Waals surface area contributed by atoms with Gasteiger partial charge in [-0.3, -0.25) is 0 Å². The lowest BCUT2D eigenvalue weighted by Gasteiger charge is -2.12. The molecule has 0 aliphatic carbocycles. The van der Waals surface area contributed by atoms with Gasteiger partial charge >= 0.3 is 0 Å². The lowest BCUT2D eigenvalue weighted by Crippen LogP contribution is -2.01. The van der Waals surface area contributed by atoms with E-state index in [1.54, 1.807) is 0 Å². The van der Waals surface area contributed by atoms with Gasteiger partial charge < -0.3 is 4.42 Å². The highest BCUT2D eigenvalue weighted by Gasteiger charge is 2.21. The average molecular weight is 627 g/mol. The second kappa shape index (κ2) is 10.9. The van der Waals surface area contributed by atoms with Crippen LogP contribution in [0.15, 0.2) is 162 Å². The molecule has 0 aliphatic heterocycles. The summed E-state index contributed by atoms with van der Waals surface area (Å²) in [4.78, 5) is 20.5. The highest BCUT2D eigenvalue weighted by Crippen LogP contribution is 2.40. The van der Waals surface area contributed by atoms with E-state index in [4.69, 9.17) is 24.4 Å². The second-order valence-electron chi connectivity index (χ2n) is 12.3. The number of benzene rings is 7. The van der Waals surface area contributed by atoms with E-state index in [1.165, 1.54) is 10.8 Å². The molecule has 10 aromatic rings. The summed E-state index contributed by atoms with van der Waals surface area (Å²) in [5.41, 5.74) is 7.88. The predicted octanol–water partition coefficient (Wildman–Crippen LogP) is 11.3. The van der Waals surface area contributed by atoms with E-state index >= 15 is 0 Å². The molecule has 0 unspecified atom stereocenters. The Morgan fingerprint density at radius 3 is 1.69 bits per heavy atom. The van der Waals surface area contributed by atoms with Gasteiger partial charge in [0, 0.05) is 22.1 Å². The molecule has 0 bridgehead atoms. The Hall–Kier alpha value is -6.72. The Morgan fingerprint density at radius 1 is 0.347 bits per heavy atom. The first-order chi connectivity index (χ1) is 24.2. The summed E-state index contributed by atoms with van der Waals surface area (Å²) in [5.74, 6) is 1.76. The van der Waals surface area contributed by atoms with Crippen LogP contribution in [0.1, 0.15) is 0 Å². The number of rotatable bonds is 4. The minimum Gasteiger partial charge on any atom is -0.454 e. The summed E-state index contributed by atoms with van der Waals surface area (Å²) < 4.78 is 6.62. The molecule has 0 amide bonds. The third-order valence-corrected chi connectivity index (χ3v) is 9.25. The summed E-state index contributed by atoms with van der Waals surface area (Å²) in [6.45, 7) is 0. The molecular formula is C44H26N4O. The molecule has 228 valence electrons. The second-order valence-corrected chi connectivity index (χ2v) is 12.3. The SMILES string of the molecule is c1ccc(-c2nc(-c3ccc4ccccc4c3)nc(-c3cc(-c4ccc5ccccc5c4)cc4oc5cc6ccccc6nc5c34)n2)cc1. The number of nitrogens with zero attached hydrogens (tertiary/aromatic N) is 4. The zero-order valence-electron chi connectivity index (χ0n) is 26.2. The topological polar surface area (TPSA) is 64.7 Å². The molecule has 5 heteroatoms. The van der Waals surface area contributed by atoms with Crippen LogP contribution < -0.4 is 0 Å². The zero-order chi connectivity index (χ0) is 32.3. The largest absolute Gasteiger partial charge is 0.454 e. The monoisotopic (exact) mass is 626 g/mol. The van der Waals surface area contributed by atoms with E-state index in [-0.39, 0.29) is 0 Å². The van der Waals surface area contributed by atoms with E-state index in [1.807, 2.05) is 48.5 Å². The van der Waals surface area contributed by atoms with E-state index in [9.17, 15) is 0 Å². The first-order valence-corrected chi connectivity index (χ1v) is 16.3. The van der Waals surface area contributed by atoms with Crippen molar-refractivity contribution in [3.63, 3.8) is 0 Å². The van der Waals surface area contributed by atoms with Crippen molar-refractivity contribution in [2.75, 3.05) is 0 Å². The first kappa shape index (κ1) is 27.4. The van der Waals surface area contributed by atoms with E-state index < -0.39 is 0 Å². The third-order valence-electron chi connectivity index (χ3n) is 9.25. The maximum atomic E-state index is 6.62. The van der Waals surface area contributed by atoms with Gasteiger partial charge in [0.2, 0.25) is 0 Å². The number of furan rings is 1. The molecular weight excluding hydrogens is 601 g/mol. The van der Waals surface area contributed by atoms with Gasteiger partial charge in [0.05, 0.1) is 10.9 Å². The van der Waals surface area contributed by atoms with Crippen LogP contribution in [-0.2, 0) is 0 Å². The quantitative estimate of drug-likeness (QED) is 0.194. The molecule has 3 aromatic heterocycles. The number of fused-ring (bicyclic) bond motifs is 6. The van der Waals surface area contributed by atoms with Crippen LogP contribution in [0.25, 0.3) is 99.8 Å². The van der Waals surface area contributed by atoms with Crippen LogP contribution in [0.2, 0.25) is 0 Å². The molecule has 0 fully saturated rings. The number of para-hydroxylation sites is 1. The van der Waals surface area contributed by atoms with Crippen molar-refractivity contribution in [3.8, 4) is 45.3 Å². The van der Waals surface area contributed by atoms with Crippen molar-refractivity contribution < 1.29 is 4.42 Å².